The highest BCUT2D eigenvalue weighted by molar-refractivity contribution is 5.90. The van der Waals surface area contributed by atoms with Gasteiger partial charge in [-0.1, -0.05) is 12.1 Å². The average Bonchev–Trinajstić information content (AvgIpc) is 2.87. The van der Waals surface area contributed by atoms with Gasteiger partial charge in [0.1, 0.15) is 5.82 Å². The smallest absolute Gasteiger partial charge is 0.308 e. The van der Waals surface area contributed by atoms with E-state index in [0.29, 0.717) is 41.8 Å². The van der Waals surface area contributed by atoms with E-state index in [4.69, 9.17) is 24.2 Å². The lowest BCUT2D eigenvalue weighted by Crippen LogP contribution is -2.37. The summed E-state index contributed by atoms with van der Waals surface area (Å²) in [4.78, 5) is 23.0. The molecule has 36 heavy (non-hydrogen) atoms. The van der Waals surface area contributed by atoms with Crippen molar-refractivity contribution in [1.82, 2.24) is 15.3 Å². The molecule has 1 aromatic heterocycles. The van der Waals surface area contributed by atoms with Crippen LogP contribution in [0, 0.1) is 0 Å². The molecule has 1 aliphatic rings. The Morgan fingerprint density at radius 2 is 1.64 bits per heavy atom. The topological polar surface area (TPSA) is 97.8 Å². The molecule has 1 heterocycles. The second-order valence-electron chi connectivity index (χ2n) is 9.28. The lowest BCUT2D eigenvalue weighted by atomic mass is 9.91. The molecule has 0 bridgehead atoms. The van der Waals surface area contributed by atoms with E-state index >= 15 is 0 Å². The Balaban J connectivity index is 1.35. The minimum Gasteiger partial charge on any atom is -0.493 e. The van der Waals surface area contributed by atoms with Gasteiger partial charge in [-0.2, -0.15) is 4.98 Å². The van der Waals surface area contributed by atoms with Crippen LogP contribution in [-0.4, -0.2) is 56.3 Å². The van der Waals surface area contributed by atoms with E-state index in [1.165, 1.54) is 6.92 Å². The quantitative estimate of drug-likeness (QED) is 0.336. The molecule has 3 aromatic rings. The average molecular weight is 494 g/mol. The number of fused-ring (bicyclic) bond motifs is 1. The Bertz CT molecular complexity index is 1180. The molecule has 2 aromatic carbocycles. The molecule has 1 aliphatic carbocycles. The van der Waals surface area contributed by atoms with Gasteiger partial charge in [0, 0.05) is 45.0 Å². The first-order valence-electron chi connectivity index (χ1n) is 12.2. The fourth-order valence-corrected chi connectivity index (χ4v) is 4.63. The van der Waals surface area contributed by atoms with Gasteiger partial charge in [-0.05, 0) is 55.5 Å². The number of para-hydroxylation sites is 1. The Hall–Kier alpha value is -3.59. The van der Waals surface area contributed by atoms with E-state index < -0.39 is 5.97 Å². The number of nitrogens with zero attached hydrogens (tertiary/aromatic N) is 3. The summed E-state index contributed by atoms with van der Waals surface area (Å²) in [6.07, 6.45) is 4.16. The molecular formula is C27H35N5O4. The highest BCUT2D eigenvalue weighted by Crippen LogP contribution is 2.39. The third kappa shape index (κ3) is 5.96. The highest BCUT2D eigenvalue weighted by atomic mass is 16.6. The number of esters is 1. The number of ether oxygens (including phenoxy) is 3. The first-order chi connectivity index (χ1) is 17.4. The number of aromatic nitrogens is 2. The summed E-state index contributed by atoms with van der Waals surface area (Å²) in [5, 5.41) is 8.26. The minimum atomic E-state index is -0.421. The van der Waals surface area contributed by atoms with Crippen LogP contribution < -0.4 is 29.7 Å². The van der Waals surface area contributed by atoms with E-state index in [1.807, 2.05) is 49.3 Å². The predicted octanol–water partition coefficient (Wildman–Crippen LogP) is 4.15. The van der Waals surface area contributed by atoms with Crippen molar-refractivity contribution in [2.45, 2.75) is 51.2 Å². The first-order valence-corrected chi connectivity index (χ1v) is 12.2. The molecule has 9 heteroatoms. The van der Waals surface area contributed by atoms with Crippen LogP contribution in [0.1, 0.15) is 38.2 Å². The van der Waals surface area contributed by atoms with Crippen LogP contribution in [0.3, 0.4) is 0 Å². The Labute approximate surface area is 212 Å². The lowest BCUT2D eigenvalue weighted by molar-refractivity contribution is -0.132. The van der Waals surface area contributed by atoms with E-state index in [-0.39, 0.29) is 0 Å². The zero-order valence-corrected chi connectivity index (χ0v) is 21.6. The summed E-state index contributed by atoms with van der Waals surface area (Å²) >= 11 is 0. The summed E-state index contributed by atoms with van der Waals surface area (Å²) in [6.45, 7) is 2.02. The third-order valence-electron chi connectivity index (χ3n) is 6.43. The van der Waals surface area contributed by atoms with Crippen LogP contribution in [0.15, 0.2) is 36.4 Å². The highest BCUT2D eigenvalue weighted by Gasteiger charge is 2.23. The maximum absolute atomic E-state index is 11.5. The molecule has 0 spiro atoms. The fraction of sp³-hybridized carbons (Fsp3) is 0.444. The first kappa shape index (κ1) is 25.5. The molecule has 2 N–H and O–H groups in total. The second kappa shape index (κ2) is 11.4. The number of anilines is 2. The number of benzene rings is 2. The summed E-state index contributed by atoms with van der Waals surface area (Å²) in [5.41, 5.74) is 1.94. The van der Waals surface area contributed by atoms with Gasteiger partial charge in [0.15, 0.2) is 11.5 Å². The molecule has 9 nitrogen and oxygen atoms in total. The maximum Gasteiger partial charge on any atom is 0.308 e. The van der Waals surface area contributed by atoms with Gasteiger partial charge in [0.2, 0.25) is 11.7 Å². The number of carbonyl (C=O) groups excluding carboxylic acids is 1. The van der Waals surface area contributed by atoms with Crippen molar-refractivity contribution in [3.63, 3.8) is 0 Å². The van der Waals surface area contributed by atoms with Crippen LogP contribution in [-0.2, 0) is 11.3 Å². The number of hydrogen-bond donors (Lipinski definition) is 2. The SMILES string of the molecule is COc1cc(CN[C@H]2CC[C@@H](Nc3nc(N(C)C)c4ccccc4n3)CC2)cc(OC)c1OC(C)=O. The summed E-state index contributed by atoms with van der Waals surface area (Å²) in [6, 6.07) is 12.6. The zero-order chi connectivity index (χ0) is 25.7. The van der Waals surface area contributed by atoms with Crippen LogP contribution in [0.5, 0.6) is 17.2 Å². The normalized spacial score (nSPS) is 17.5. The molecule has 0 atom stereocenters. The molecule has 0 amide bonds. The summed E-state index contributed by atoms with van der Waals surface area (Å²) in [5.74, 6) is 2.43. The van der Waals surface area contributed by atoms with Crippen molar-refractivity contribution < 1.29 is 19.0 Å². The van der Waals surface area contributed by atoms with Gasteiger partial charge in [-0.25, -0.2) is 4.98 Å². The van der Waals surface area contributed by atoms with E-state index in [9.17, 15) is 4.79 Å². The van der Waals surface area contributed by atoms with Gasteiger partial charge in [0.05, 0.1) is 19.7 Å². The largest absolute Gasteiger partial charge is 0.493 e. The van der Waals surface area contributed by atoms with Crippen LogP contribution in [0.25, 0.3) is 10.9 Å². The number of nitrogens with one attached hydrogen (secondary N) is 2. The van der Waals surface area contributed by atoms with E-state index in [1.54, 1.807) is 14.2 Å². The monoisotopic (exact) mass is 493 g/mol. The van der Waals surface area contributed by atoms with Gasteiger partial charge in [-0.15, -0.1) is 0 Å². The van der Waals surface area contributed by atoms with Crippen molar-refractivity contribution in [3.8, 4) is 17.2 Å². The standard InChI is InChI=1S/C27H35N5O4/c1-17(33)36-25-23(34-4)14-18(15-24(25)35-5)16-28-19-10-12-20(13-11-19)29-27-30-22-9-7-6-8-21(22)26(31-27)32(2)3/h6-9,14-15,19-20,28H,10-13,16H2,1-5H3,(H,29,30,31)/t19-,20+. The molecule has 0 unspecified atom stereocenters. The fourth-order valence-electron chi connectivity index (χ4n) is 4.63. The predicted molar refractivity (Wildman–Crippen MR) is 141 cm³/mol. The number of carbonyl (C=O) groups is 1. The molecule has 0 radical (unpaired) electrons. The Morgan fingerprint density at radius 1 is 1.00 bits per heavy atom. The second-order valence-corrected chi connectivity index (χ2v) is 9.28. The summed E-state index contributed by atoms with van der Waals surface area (Å²) < 4.78 is 16.2. The van der Waals surface area contributed by atoms with Gasteiger partial charge in [0.25, 0.3) is 0 Å². The van der Waals surface area contributed by atoms with Crippen molar-refractivity contribution >= 4 is 28.6 Å². The Morgan fingerprint density at radius 3 is 2.25 bits per heavy atom. The molecule has 1 fully saturated rings. The molecule has 1 saturated carbocycles. The van der Waals surface area contributed by atoms with Gasteiger partial charge in [-0.3, -0.25) is 4.79 Å². The lowest BCUT2D eigenvalue weighted by Gasteiger charge is -2.30. The van der Waals surface area contributed by atoms with E-state index in [0.717, 1.165) is 48.0 Å². The zero-order valence-electron chi connectivity index (χ0n) is 21.6. The van der Waals surface area contributed by atoms with Crippen LogP contribution >= 0.6 is 0 Å². The minimum absolute atomic E-state index is 0.302. The van der Waals surface area contributed by atoms with Crippen molar-refractivity contribution in [1.29, 1.82) is 0 Å². The maximum atomic E-state index is 11.5. The van der Waals surface area contributed by atoms with Crippen molar-refractivity contribution in [2.75, 3.05) is 38.5 Å². The number of methoxy groups -OCH3 is 2. The molecule has 0 aliphatic heterocycles. The third-order valence-corrected chi connectivity index (χ3v) is 6.43. The van der Waals surface area contributed by atoms with Gasteiger partial charge >= 0.3 is 5.97 Å². The number of rotatable bonds is 9. The van der Waals surface area contributed by atoms with Crippen molar-refractivity contribution in [3.05, 3.63) is 42.0 Å². The summed E-state index contributed by atoms with van der Waals surface area (Å²) in [7, 11) is 7.11. The van der Waals surface area contributed by atoms with E-state index in [2.05, 4.69) is 16.7 Å². The number of hydrogen-bond acceptors (Lipinski definition) is 9. The van der Waals surface area contributed by atoms with Gasteiger partial charge < -0.3 is 29.7 Å². The molecule has 4 rings (SSSR count). The molecular weight excluding hydrogens is 458 g/mol. The molecule has 192 valence electrons. The van der Waals surface area contributed by atoms with Crippen LogP contribution in [0.4, 0.5) is 11.8 Å². The Kier molecular flexibility index (Phi) is 8.10. The molecule has 0 saturated heterocycles. The van der Waals surface area contributed by atoms with Crippen molar-refractivity contribution in [2.24, 2.45) is 0 Å². The van der Waals surface area contributed by atoms with Crippen LogP contribution in [0.2, 0.25) is 0 Å².